The summed E-state index contributed by atoms with van der Waals surface area (Å²) in [5.41, 5.74) is 0. The van der Waals surface area contributed by atoms with Gasteiger partial charge in [-0.05, 0) is 51.6 Å². The molecule has 2 fully saturated rings. The molecule has 0 saturated carbocycles. The fourth-order valence-corrected chi connectivity index (χ4v) is 11.1. The van der Waals surface area contributed by atoms with E-state index >= 15 is 0 Å². The predicted octanol–water partition coefficient (Wildman–Crippen LogP) is 13.3. The molecule has 4 N–H and O–H groups in total. The lowest BCUT2D eigenvalue weighted by Gasteiger charge is -2.27. The highest BCUT2D eigenvalue weighted by molar-refractivity contribution is 5.70. The van der Waals surface area contributed by atoms with E-state index in [9.17, 15) is 30.0 Å². The Hall–Kier alpha value is -1.38. The fraction of sp³-hybridized carbons (Fsp3) is 0.968. The number of fused-ring (bicyclic) bond motifs is 1. The first-order valence-corrected chi connectivity index (χ1v) is 31.9. The number of esters is 2. The van der Waals surface area contributed by atoms with Crippen LogP contribution in [0.2, 0.25) is 0 Å². The number of hydrogen-bond donors (Lipinski definition) is 4. The quantitative estimate of drug-likeness (QED) is 0.0338. The minimum absolute atomic E-state index is 0.175. The lowest BCUT2D eigenvalue weighted by molar-refractivity contribution is -0.155. The normalized spacial score (nSPS) is 19.3. The Labute approximate surface area is 454 Å². The number of hydrogen-bond acceptors (Lipinski definition) is 12. The third-order valence-electron chi connectivity index (χ3n) is 15.7. The van der Waals surface area contributed by atoms with Crippen LogP contribution >= 0.6 is 0 Å². The lowest BCUT2D eigenvalue weighted by Crippen LogP contribution is -2.39. The summed E-state index contributed by atoms with van der Waals surface area (Å²) >= 11 is 0. The largest absolute Gasteiger partial charge is 0.457 e. The smallest absolute Gasteiger partial charge is 0.306 e. The molecule has 0 bridgehead atoms. The number of unbranched alkanes of at least 4 members (excludes halogenated alkanes) is 28. The van der Waals surface area contributed by atoms with Gasteiger partial charge in [0.2, 0.25) is 0 Å². The third-order valence-corrected chi connectivity index (χ3v) is 15.7. The van der Waals surface area contributed by atoms with Crippen LogP contribution in [0.15, 0.2) is 0 Å². The van der Waals surface area contributed by atoms with Gasteiger partial charge in [-0.15, -0.1) is 0 Å². The van der Waals surface area contributed by atoms with Crippen molar-refractivity contribution in [2.45, 2.75) is 333 Å². The molecule has 74 heavy (non-hydrogen) atoms. The zero-order valence-electron chi connectivity index (χ0n) is 48.7. The van der Waals surface area contributed by atoms with Gasteiger partial charge in [0.25, 0.3) is 0 Å². The highest BCUT2D eigenvalue weighted by Gasteiger charge is 2.51. The second-order valence-corrected chi connectivity index (χ2v) is 23.0. The standard InChI is InChI=1S/C62H120N2O10/c1-5-9-13-17-21-25-29-33-39-53(65)47-63(48-54(66)40-34-30-26-22-18-14-10-6-2)45-37-43-59(69)73-57-51-71-62-58(52-72-61(57)62)74-60(70)44-38-46-64(49-55(67)41-35-31-27-23-19-15-11-7-3)50-56(68)42-36-32-28-24-20-16-12-8-4/h53-58,61-62,65-68H,5-52H2,1-4H3/t53?,54?,55?,56?,57-,58+,61-,62-/m1/s1. The summed E-state index contributed by atoms with van der Waals surface area (Å²) in [4.78, 5) is 30.7. The Balaban J connectivity index is 1.81. The van der Waals surface area contributed by atoms with Crippen molar-refractivity contribution in [1.29, 1.82) is 0 Å². The highest BCUT2D eigenvalue weighted by Crippen LogP contribution is 2.31. The van der Waals surface area contributed by atoms with Gasteiger partial charge in [-0.3, -0.25) is 19.4 Å². The second-order valence-electron chi connectivity index (χ2n) is 23.0. The van der Waals surface area contributed by atoms with Crippen LogP contribution in [0.1, 0.15) is 285 Å². The average molecular weight is 1050 g/mol. The molecule has 2 aliphatic heterocycles. The van der Waals surface area contributed by atoms with Gasteiger partial charge in [0.05, 0.1) is 37.6 Å². The minimum atomic E-state index is -0.586. The van der Waals surface area contributed by atoms with E-state index in [0.717, 1.165) is 77.0 Å². The molecule has 12 heteroatoms. The first-order chi connectivity index (χ1) is 36.1. The van der Waals surface area contributed by atoms with Crippen LogP contribution in [-0.2, 0) is 28.5 Å². The topological polar surface area (TPSA) is 158 Å². The molecule has 0 aromatic carbocycles. The van der Waals surface area contributed by atoms with Crippen LogP contribution in [0.25, 0.3) is 0 Å². The average Bonchev–Trinajstić information content (AvgIpc) is 3.97. The van der Waals surface area contributed by atoms with E-state index in [0.29, 0.717) is 52.1 Å². The molecule has 0 radical (unpaired) electrons. The summed E-state index contributed by atoms with van der Waals surface area (Å²) < 4.78 is 23.9. The monoisotopic (exact) mass is 1050 g/mol. The van der Waals surface area contributed by atoms with Crippen molar-refractivity contribution in [2.75, 3.05) is 52.5 Å². The summed E-state index contributed by atoms with van der Waals surface area (Å²) in [7, 11) is 0. The molecule has 0 aromatic heterocycles. The number of carbonyl (C=O) groups is 2. The Morgan fingerprint density at radius 2 is 0.608 bits per heavy atom. The van der Waals surface area contributed by atoms with Crippen LogP contribution in [0.3, 0.4) is 0 Å². The van der Waals surface area contributed by atoms with Crippen LogP contribution in [0.4, 0.5) is 0 Å². The molecule has 0 amide bonds. The van der Waals surface area contributed by atoms with Crippen LogP contribution in [0, 0.1) is 0 Å². The van der Waals surface area contributed by atoms with Gasteiger partial charge < -0.3 is 39.4 Å². The van der Waals surface area contributed by atoms with Crippen molar-refractivity contribution in [2.24, 2.45) is 0 Å². The molecular formula is C62H120N2O10. The van der Waals surface area contributed by atoms with Gasteiger partial charge in [0, 0.05) is 39.0 Å². The van der Waals surface area contributed by atoms with Gasteiger partial charge in [-0.2, -0.15) is 0 Å². The first kappa shape index (κ1) is 68.7. The van der Waals surface area contributed by atoms with E-state index in [4.69, 9.17) is 18.9 Å². The van der Waals surface area contributed by atoms with Crippen molar-refractivity contribution in [3.05, 3.63) is 0 Å². The molecular weight excluding hydrogens is 933 g/mol. The Morgan fingerprint density at radius 3 is 0.851 bits per heavy atom. The van der Waals surface area contributed by atoms with Crippen LogP contribution in [0.5, 0.6) is 0 Å². The highest BCUT2D eigenvalue weighted by atomic mass is 16.7. The SMILES string of the molecule is CCCCCCCCCCC(O)CN(CCCC(=O)O[C@H]1CO[C@H]2[C@@H]1OC[C@H]2OC(=O)CCCN(CC(O)CCCCCCCCCC)CC(O)CCCCCCCCCC)CC(O)CCCCCCCCCC. The molecule has 4 unspecified atom stereocenters. The molecule has 2 heterocycles. The zero-order valence-corrected chi connectivity index (χ0v) is 48.7. The number of nitrogens with zero attached hydrogens (tertiary/aromatic N) is 2. The third kappa shape index (κ3) is 36.7. The van der Waals surface area contributed by atoms with Crippen LogP contribution < -0.4 is 0 Å². The van der Waals surface area contributed by atoms with E-state index in [1.165, 1.54) is 154 Å². The number of rotatable bonds is 54. The number of aliphatic hydroxyl groups is 4. The fourth-order valence-electron chi connectivity index (χ4n) is 11.1. The summed E-state index contributed by atoms with van der Waals surface area (Å²) in [6.07, 6.45) is 39.5. The van der Waals surface area contributed by atoms with Crippen molar-refractivity contribution >= 4 is 11.9 Å². The number of ether oxygens (including phenoxy) is 4. The Bertz CT molecular complexity index is 1130. The molecule has 2 aliphatic rings. The number of aliphatic hydroxyl groups excluding tert-OH is 4. The second kappa shape index (κ2) is 47.6. The maximum Gasteiger partial charge on any atom is 0.306 e. The Kier molecular flexibility index (Phi) is 44.2. The number of carbonyl (C=O) groups excluding carboxylic acids is 2. The molecule has 2 rings (SSSR count). The van der Waals surface area contributed by atoms with E-state index in [1.807, 2.05) is 0 Å². The molecule has 8 atom stereocenters. The van der Waals surface area contributed by atoms with Crippen molar-refractivity contribution < 1.29 is 49.0 Å². The molecule has 0 aromatic rings. The van der Waals surface area contributed by atoms with E-state index in [1.54, 1.807) is 0 Å². The van der Waals surface area contributed by atoms with Crippen LogP contribution in [-0.4, -0.2) is 143 Å². The minimum Gasteiger partial charge on any atom is -0.457 e. The van der Waals surface area contributed by atoms with Gasteiger partial charge in [0.15, 0.2) is 12.2 Å². The molecule has 0 aliphatic carbocycles. The first-order valence-electron chi connectivity index (χ1n) is 31.9. The van der Waals surface area contributed by atoms with E-state index < -0.39 is 48.8 Å². The van der Waals surface area contributed by atoms with Crippen molar-refractivity contribution in [1.82, 2.24) is 9.80 Å². The summed E-state index contributed by atoms with van der Waals surface area (Å²) in [5, 5.41) is 44.2. The van der Waals surface area contributed by atoms with Gasteiger partial charge in [-0.1, -0.05) is 233 Å². The summed E-state index contributed by atoms with van der Waals surface area (Å²) in [6.45, 7) is 12.4. The van der Waals surface area contributed by atoms with Gasteiger partial charge in [0.1, 0.15) is 12.2 Å². The summed E-state index contributed by atoms with van der Waals surface area (Å²) in [6, 6.07) is 0. The van der Waals surface area contributed by atoms with Crippen molar-refractivity contribution in [3.8, 4) is 0 Å². The maximum atomic E-state index is 13.2. The van der Waals surface area contributed by atoms with Crippen molar-refractivity contribution in [3.63, 3.8) is 0 Å². The molecule has 2 saturated heterocycles. The predicted molar refractivity (Wildman–Crippen MR) is 304 cm³/mol. The molecule has 12 nitrogen and oxygen atoms in total. The summed E-state index contributed by atoms with van der Waals surface area (Å²) in [5.74, 6) is -0.671. The Morgan fingerprint density at radius 1 is 0.378 bits per heavy atom. The van der Waals surface area contributed by atoms with Gasteiger partial charge >= 0.3 is 11.9 Å². The maximum absolute atomic E-state index is 13.2. The zero-order chi connectivity index (χ0) is 53.7. The lowest BCUT2D eigenvalue weighted by atomic mass is 10.0. The van der Waals surface area contributed by atoms with E-state index in [-0.39, 0.29) is 38.0 Å². The molecule has 0 spiro atoms. The van der Waals surface area contributed by atoms with Gasteiger partial charge in [-0.25, -0.2) is 0 Å². The molecule has 438 valence electrons. The van der Waals surface area contributed by atoms with E-state index in [2.05, 4.69) is 37.5 Å².